The number of thiophene rings is 4. The molecule has 29 heavy (non-hydrogen) atoms. The molecule has 7 heteroatoms. The molecule has 0 radical (unpaired) electrons. The van der Waals surface area contributed by atoms with Crippen LogP contribution in [0.5, 0.6) is 0 Å². The number of unbranched alkanes of at least 4 members (excludes halogenated alkanes) is 5. The Kier molecular flexibility index (Phi) is 5.32. The van der Waals surface area contributed by atoms with Gasteiger partial charge in [-0.15, -0.1) is 45.3 Å². The van der Waals surface area contributed by atoms with E-state index >= 15 is 0 Å². The summed E-state index contributed by atoms with van der Waals surface area (Å²) in [5.74, 6) is 0. The Labute approximate surface area is 183 Å². The van der Waals surface area contributed by atoms with E-state index in [1.165, 1.54) is 48.1 Å². The van der Waals surface area contributed by atoms with Gasteiger partial charge in [0.2, 0.25) is 0 Å². The maximum absolute atomic E-state index is 12.9. The Hall–Kier alpha value is -1.54. The fourth-order valence-corrected chi connectivity index (χ4v) is 9.11. The predicted molar refractivity (Wildman–Crippen MR) is 132 cm³/mol. The molecule has 0 atom stereocenters. The first-order valence-corrected chi connectivity index (χ1v) is 13.4. The molecule has 5 aromatic heterocycles. The number of rotatable bonds is 7. The zero-order chi connectivity index (χ0) is 20.0. The summed E-state index contributed by atoms with van der Waals surface area (Å²) in [6.45, 7) is 2.24. The van der Waals surface area contributed by atoms with Gasteiger partial charge >= 0.3 is 0 Å². The quantitative estimate of drug-likeness (QED) is 0.256. The molecule has 0 aliphatic heterocycles. The number of aryl methyl sites for hydroxylation is 1. The summed E-state index contributed by atoms with van der Waals surface area (Å²) in [5.41, 5.74) is -0.517. The molecule has 0 unspecified atom stereocenters. The van der Waals surface area contributed by atoms with E-state index in [1.54, 1.807) is 45.3 Å². The zero-order valence-electron chi connectivity index (χ0n) is 16.1. The van der Waals surface area contributed by atoms with Crippen LogP contribution in [0, 0.1) is 0 Å². The van der Waals surface area contributed by atoms with Gasteiger partial charge in [0.05, 0.1) is 29.6 Å². The van der Waals surface area contributed by atoms with Crippen molar-refractivity contribution in [3.8, 4) is 0 Å². The van der Waals surface area contributed by atoms with Gasteiger partial charge in [-0.3, -0.25) is 14.6 Å². The van der Waals surface area contributed by atoms with Crippen LogP contribution in [-0.4, -0.2) is 4.98 Å². The normalized spacial score (nSPS) is 12.2. The van der Waals surface area contributed by atoms with Crippen LogP contribution in [-0.2, 0) is 6.42 Å². The first-order valence-electron chi connectivity index (χ1n) is 10.1. The fourth-order valence-electron chi connectivity index (χ4n) is 3.92. The van der Waals surface area contributed by atoms with Crippen molar-refractivity contribution in [2.45, 2.75) is 51.9 Å². The van der Waals surface area contributed by atoms with E-state index in [1.807, 2.05) is 5.38 Å². The Morgan fingerprint density at radius 1 is 0.793 bits per heavy atom. The Morgan fingerprint density at radius 2 is 1.48 bits per heavy atom. The van der Waals surface area contributed by atoms with Crippen LogP contribution in [0.25, 0.3) is 39.0 Å². The van der Waals surface area contributed by atoms with Crippen LogP contribution in [0.3, 0.4) is 0 Å². The molecular formula is C22H21NO2S4. The molecule has 5 aromatic rings. The number of fused-ring (bicyclic) bond motifs is 7. The lowest BCUT2D eigenvalue weighted by Gasteiger charge is -1.99. The summed E-state index contributed by atoms with van der Waals surface area (Å²) >= 11 is 6.59. The summed E-state index contributed by atoms with van der Waals surface area (Å²) in [6, 6.07) is 4.32. The maximum atomic E-state index is 12.9. The highest BCUT2D eigenvalue weighted by molar-refractivity contribution is 7.38. The van der Waals surface area contributed by atoms with E-state index in [9.17, 15) is 9.59 Å². The molecule has 0 saturated carbocycles. The summed E-state index contributed by atoms with van der Waals surface area (Å²) in [4.78, 5) is 29.6. The first-order chi connectivity index (χ1) is 14.2. The largest absolute Gasteiger partial charge is 0.288 e. The predicted octanol–water partition coefficient (Wildman–Crippen LogP) is 7.50. The summed E-state index contributed by atoms with van der Waals surface area (Å²) in [5, 5.41) is 3.38. The van der Waals surface area contributed by atoms with Gasteiger partial charge in [-0.25, -0.2) is 0 Å². The van der Waals surface area contributed by atoms with Gasteiger partial charge in [-0.1, -0.05) is 39.0 Å². The highest BCUT2D eigenvalue weighted by Crippen LogP contribution is 2.44. The molecule has 150 valence electrons. The van der Waals surface area contributed by atoms with Crippen LogP contribution >= 0.6 is 45.3 Å². The van der Waals surface area contributed by atoms with Gasteiger partial charge in [-0.05, 0) is 30.4 Å². The molecule has 0 aromatic carbocycles. The van der Waals surface area contributed by atoms with Crippen LogP contribution in [0.2, 0.25) is 0 Å². The van der Waals surface area contributed by atoms with Crippen LogP contribution in [0.15, 0.2) is 27.1 Å². The van der Waals surface area contributed by atoms with Gasteiger partial charge in [0.1, 0.15) is 0 Å². The van der Waals surface area contributed by atoms with E-state index in [0.29, 0.717) is 10.8 Å². The van der Waals surface area contributed by atoms with Gasteiger partial charge in [0.25, 0.3) is 11.1 Å². The van der Waals surface area contributed by atoms with E-state index in [4.69, 9.17) is 0 Å². The van der Waals surface area contributed by atoms with Gasteiger partial charge in [0, 0.05) is 14.3 Å². The molecule has 1 N–H and O–H groups in total. The van der Waals surface area contributed by atoms with E-state index in [-0.39, 0.29) is 11.1 Å². The monoisotopic (exact) mass is 459 g/mol. The van der Waals surface area contributed by atoms with Gasteiger partial charge in [0.15, 0.2) is 0 Å². The van der Waals surface area contributed by atoms with Crippen LogP contribution in [0.4, 0.5) is 0 Å². The smallest absolute Gasteiger partial charge is 0.261 e. The second-order valence-corrected chi connectivity index (χ2v) is 11.6. The number of hydrogen-bond donors (Lipinski definition) is 1. The van der Waals surface area contributed by atoms with Gasteiger partial charge < -0.3 is 0 Å². The van der Waals surface area contributed by atoms with E-state index in [0.717, 1.165) is 29.9 Å². The van der Waals surface area contributed by atoms with Crippen molar-refractivity contribution in [1.82, 2.24) is 4.98 Å². The van der Waals surface area contributed by atoms with Crippen LogP contribution < -0.4 is 11.1 Å². The second kappa shape index (κ2) is 7.95. The molecule has 5 heterocycles. The van der Waals surface area contributed by atoms with E-state index in [2.05, 4.69) is 24.0 Å². The van der Waals surface area contributed by atoms with Crippen molar-refractivity contribution < 1.29 is 0 Å². The minimum absolute atomic E-state index is 0.252. The number of aromatic nitrogens is 1. The topological polar surface area (TPSA) is 49.9 Å². The molecule has 5 rings (SSSR count). The molecule has 0 spiro atoms. The lowest BCUT2D eigenvalue weighted by molar-refractivity contribution is 0.609. The second-order valence-electron chi connectivity index (χ2n) is 7.43. The fraction of sp³-hybridized carbons (Fsp3) is 0.364. The molecule has 0 aliphatic rings. The van der Waals surface area contributed by atoms with Crippen LogP contribution in [0.1, 0.15) is 50.3 Å². The molecule has 0 amide bonds. The number of H-pyrrole nitrogens is 1. The third-order valence-corrected chi connectivity index (χ3v) is 10.2. The molecule has 0 saturated heterocycles. The molecule has 3 nitrogen and oxygen atoms in total. The SMILES string of the molecule is CCCCCCCCc1cc2sc3c4sc5ccsc5c4c(=O)[nH]c(=O)c3c2s1. The van der Waals surface area contributed by atoms with Crippen molar-refractivity contribution in [2.75, 3.05) is 0 Å². The Balaban J connectivity index is 1.58. The minimum atomic E-state index is -0.265. The van der Waals surface area contributed by atoms with Crippen molar-refractivity contribution in [3.05, 3.63) is 43.1 Å². The lowest BCUT2D eigenvalue weighted by atomic mass is 10.1. The van der Waals surface area contributed by atoms with Crippen molar-refractivity contribution in [1.29, 1.82) is 0 Å². The average molecular weight is 460 g/mol. The third kappa shape index (κ3) is 3.38. The molecule has 0 bridgehead atoms. The summed E-state index contributed by atoms with van der Waals surface area (Å²) < 4.78 is 6.24. The van der Waals surface area contributed by atoms with Crippen molar-refractivity contribution >= 4 is 84.3 Å². The van der Waals surface area contributed by atoms with E-state index < -0.39 is 0 Å². The molecule has 0 fully saturated rings. The Bertz CT molecular complexity index is 1450. The average Bonchev–Trinajstić information content (AvgIpc) is 3.40. The minimum Gasteiger partial charge on any atom is -0.288 e. The third-order valence-electron chi connectivity index (χ3n) is 5.37. The van der Waals surface area contributed by atoms with Crippen molar-refractivity contribution in [3.63, 3.8) is 0 Å². The standard InChI is InChI=1S/C22H21NO2S4/c1-2-3-4-5-6-7-8-12-11-14-18(27-12)16-20(29-14)19-15(21(24)23-22(16)25)17-13(28-19)9-10-26-17/h9-11H,2-8H2,1H3,(H,23,24,25). The maximum Gasteiger partial charge on any atom is 0.261 e. The molecular weight excluding hydrogens is 439 g/mol. The lowest BCUT2D eigenvalue weighted by Crippen LogP contribution is -2.13. The number of hydrogen-bond acceptors (Lipinski definition) is 6. The summed E-state index contributed by atoms with van der Waals surface area (Å²) in [6.07, 6.45) is 8.80. The highest BCUT2D eigenvalue weighted by atomic mass is 32.1. The first kappa shape index (κ1) is 19.4. The molecule has 0 aliphatic carbocycles. The van der Waals surface area contributed by atoms with Crippen molar-refractivity contribution in [2.24, 2.45) is 0 Å². The number of aromatic amines is 1. The number of nitrogens with one attached hydrogen (secondary N) is 1. The van der Waals surface area contributed by atoms with Gasteiger partial charge in [-0.2, -0.15) is 0 Å². The Morgan fingerprint density at radius 3 is 2.28 bits per heavy atom. The summed E-state index contributed by atoms with van der Waals surface area (Å²) in [7, 11) is 0. The highest BCUT2D eigenvalue weighted by Gasteiger charge is 2.19. The zero-order valence-corrected chi connectivity index (χ0v) is 19.4.